The highest BCUT2D eigenvalue weighted by molar-refractivity contribution is 5.79. The Hall–Kier alpha value is -1.52. The number of hydrogen-bond acceptors (Lipinski definition) is 2. The van der Waals surface area contributed by atoms with Crippen molar-refractivity contribution in [1.82, 2.24) is 20.2 Å². The molecule has 1 rings (SSSR count). The summed E-state index contributed by atoms with van der Waals surface area (Å²) < 4.78 is 2.04. The zero-order chi connectivity index (χ0) is 12.5. The highest BCUT2D eigenvalue weighted by atomic mass is 15.2. The Morgan fingerprint density at radius 1 is 1.41 bits per heavy atom. The SMILES string of the molecule is CCNC(=NCC(C)C)NCCn1ccnc1. The molecule has 0 aliphatic rings. The van der Waals surface area contributed by atoms with Gasteiger partial charge in [-0.1, -0.05) is 13.8 Å². The largest absolute Gasteiger partial charge is 0.357 e. The molecule has 0 atom stereocenters. The first kappa shape index (κ1) is 13.5. The van der Waals surface area contributed by atoms with Crippen molar-refractivity contribution in [2.75, 3.05) is 19.6 Å². The van der Waals surface area contributed by atoms with Gasteiger partial charge in [-0.05, 0) is 12.8 Å². The molecule has 96 valence electrons. The van der Waals surface area contributed by atoms with E-state index in [-0.39, 0.29) is 0 Å². The van der Waals surface area contributed by atoms with Crippen molar-refractivity contribution in [3.8, 4) is 0 Å². The molecule has 0 amide bonds. The van der Waals surface area contributed by atoms with E-state index >= 15 is 0 Å². The van der Waals surface area contributed by atoms with Crippen LogP contribution < -0.4 is 10.6 Å². The van der Waals surface area contributed by atoms with Crippen molar-refractivity contribution in [3.05, 3.63) is 18.7 Å². The van der Waals surface area contributed by atoms with E-state index in [0.29, 0.717) is 5.92 Å². The number of guanidine groups is 1. The van der Waals surface area contributed by atoms with Gasteiger partial charge in [0, 0.05) is 38.6 Å². The smallest absolute Gasteiger partial charge is 0.191 e. The minimum absolute atomic E-state index is 0.583. The van der Waals surface area contributed by atoms with E-state index < -0.39 is 0 Å². The van der Waals surface area contributed by atoms with Crippen molar-refractivity contribution in [3.63, 3.8) is 0 Å². The molecule has 1 aromatic rings. The molecule has 0 radical (unpaired) electrons. The molecule has 1 heterocycles. The van der Waals surface area contributed by atoms with E-state index in [9.17, 15) is 0 Å². The minimum Gasteiger partial charge on any atom is -0.357 e. The monoisotopic (exact) mass is 237 g/mol. The summed E-state index contributed by atoms with van der Waals surface area (Å²) in [5, 5.41) is 6.54. The zero-order valence-electron chi connectivity index (χ0n) is 11.0. The first-order valence-corrected chi connectivity index (χ1v) is 6.20. The van der Waals surface area contributed by atoms with Crippen LogP contribution in [0.4, 0.5) is 0 Å². The van der Waals surface area contributed by atoms with Crippen molar-refractivity contribution in [1.29, 1.82) is 0 Å². The third kappa shape index (κ3) is 5.94. The summed E-state index contributed by atoms with van der Waals surface area (Å²) in [5.41, 5.74) is 0. The van der Waals surface area contributed by atoms with Crippen LogP contribution in [-0.4, -0.2) is 35.1 Å². The number of aromatic nitrogens is 2. The van der Waals surface area contributed by atoms with Gasteiger partial charge in [-0.15, -0.1) is 0 Å². The lowest BCUT2D eigenvalue weighted by molar-refractivity contribution is 0.641. The van der Waals surface area contributed by atoms with Crippen LogP contribution in [0.5, 0.6) is 0 Å². The van der Waals surface area contributed by atoms with E-state index in [1.165, 1.54) is 0 Å². The molecular weight excluding hydrogens is 214 g/mol. The van der Waals surface area contributed by atoms with Gasteiger partial charge in [0.1, 0.15) is 0 Å². The van der Waals surface area contributed by atoms with Gasteiger partial charge in [0.2, 0.25) is 0 Å². The van der Waals surface area contributed by atoms with Crippen LogP contribution in [0, 0.1) is 5.92 Å². The first-order chi connectivity index (χ1) is 8.22. The molecule has 0 fully saturated rings. The maximum Gasteiger partial charge on any atom is 0.191 e. The van der Waals surface area contributed by atoms with Crippen molar-refractivity contribution in [2.24, 2.45) is 10.9 Å². The van der Waals surface area contributed by atoms with Gasteiger partial charge in [0.15, 0.2) is 5.96 Å². The molecule has 0 saturated carbocycles. The molecule has 5 heteroatoms. The van der Waals surface area contributed by atoms with Crippen LogP contribution in [0.3, 0.4) is 0 Å². The maximum atomic E-state index is 4.50. The summed E-state index contributed by atoms with van der Waals surface area (Å²) in [6, 6.07) is 0. The third-order valence-electron chi connectivity index (χ3n) is 2.18. The molecule has 17 heavy (non-hydrogen) atoms. The molecule has 1 aromatic heterocycles. The second kappa shape index (κ2) is 7.70. The van der Waals surface area contributed by atoms with Crippen LogP contribution in [0.2, 0.25) is 0 Å². The van der Waals surface area contributed by atoms with Crippen molar-refractivity contribution in [2.45, 2.75) is 27.3 Å². The molecule has 5 nitrogen and oxygen atoms in total. The van der Waals surface area contributed by atoms with E-state index in [0.717, 1.165) is 32.1 Å². The van der Waals surface area contributed by atoms with Gasteiger partial charge in [0.05, 0.1) is 6.33 Å². The van der Waals surface area contributed by atoms with Gasteiger partial charge >= 0.3 is 0 Å². The molecule has 2 N–H and O–H groups in total. The summed E-state index contributed by atoms with van der Waals surface area (Å²) in [5.74, 6) is 1.47. The highest BCUT2D eigenvalue weighted by Gasteiger charge is 1.98. The molecule has 0 saturated heterocycles. The lowest BCUT2D eigenvalue weighted by atomic mass is 10.2. The van der Waals surface area contributed by atoms with E-state index in [1.54, 1.807) is 6.20 Å². The molecule has 0 aliphatic heterocycles. The Bertz CT molecular complexity index is 316. The van der Waals surface area contributed by atoms with E-state index in [2.05, 4.69) is 41.4 Å². The molecule has 0 aromatic carbocycles. The highest BCUT2D eigenvalue weighted by Crippen LogP contribution is 1.91. The van der Waals surface area contributed by atoms with Crippen LogP contribution in [0.25, 0.3) is 0 Å². The first-order valence-electron chi connectivity index (χ1n) is 6.20. The van der Waals surface area contributed by atoms with Gasteiger partial charge < -0.3 is 15.2 Å². The average molecular weight is 237 g/mol. The fourth-order valence-corrected chi connectivity index (χ4v) is 1.34. The summed E-state index contributed by atoms with van der Waals surface area (Å²) in [6.45, 7) is 9.88. The number of aliphatic imine (C=N–C) groups is 1. The van der Waals surface area contributed by atoms with E-state index in [4.69, 9.17) is 0 Å². The summed E-state index contributed by atoms with van der Waals surface area (Å²) in [7, 11) is 0. The van der Waals surface area contributed by atoms with Gasteiger partial charge in [-0.2, -0.15) is 0 Å². The Morgan fingerprint density at radius 2 is 2.24 bits per heavy atom. The Kier molecular flexibility index (Phi) is 6.14. The second-order valence-corrected chi connectivity index (χ2v) is 4.34. The van der Waals surface area contributed by atoms with Crippen LogP contribution >= 0.6 is 0 Å². The number of nitrogens with zero attached hydrogens (tertiary/aromatic N) is 3. The average Bonchev–Trinajstić information content (AvgIpc) is 2.78. The minimum atomic E-state index is 0.583. The van der Waals surface area contributed by atoms with Crippen LogP contribution in [0.15, 0.2) is 23.7 Å². The van der Waals surface area contributed by atoms with Gasteiger partial charge in [-0.3, -0.25) is 4.99 Å². The zero-order valence-corrected chi connectivity index (χ0v) is 11.0. The number of rotatable bonds is 6. The standard InChI is InChI=1S/C12H23N5/c1-4-14-12(16-9-11(2)3)15-6-8-17-7-5-13-10-17/h5,7,10-11H,4,6,8-9H2,1-3H3,(H2,14,15,16). The lowest BCUT2D eigenvalue weighted by Crippen LogP contribution is -2.39. The Balaban J connectivity index is 2.31. The summed E-state index contributed by atoms with van der Waals surface area (Å²) in [4.78, 5) is 8.51. The number of hydrogen-bond donors (Lipinski definition) is 2. The lowest BCUT2D eigenvalue weighted by Gasteiger charge is -2.12. The van der Waals surface area contributed by atoms with Gasteiger partial charge in [-0.25, -0.2) is 4.98 Å². The topological polar surface area (TPSA) is 54.2 Å². The Morgan fingerprint density at radius 3 is 2.82 bits per heavy atom. The molecular formula is C12H23N5. The van der Waals surface area contributed by atoms with Crippen molar-refractivity contribution < 1.29 is 0 Å². The Labute approximate surface area is 103 Å². The number of imidazole rings is 1. The summed E-state index contributed by atoms with van der Waals surface area (Å²) in [6.07, 6.45) is 5.57. The normalized spacial score (nSPS) is 11.9. The second-order valence-electron chi connectivity index (χ2n) is 4.34. The molecule has 0 aliphatic carbocycles. The maximum absolute atomic E-state index is 4.50. The predicted octanol–water partition coefficient (Wildman–Crippen LogP) is 1.09. The predicted molar refractivity (Wildman–Crippen MR) is 71.0 cm³/mol. The molecule has 0 spiro atoms. The quantitative estimate of drug-likeness (QED) is 0.575. The van der Waals surface area contributed by atoms with Crippen LogP contribution in [0.1, 0.15) is 20.8 Å². The van der Waals surface area contributed by atoms with Gasteiger partial charge in [0.25, 0.3) is 0 Å². The number of nitrogens with one attached hydrogen (secondary N) is 2. The van der Waals surface area contributed by atoms with E-state index in [1.807, 2.05) is 17.1 Å². The van der Waals surface area contributed by atoms with Crippen molar-refractivity contribution >= 4 is 5.96 Å². The molecule has 0 bridgehead atoms. The van der Waals surface area contributed by atoms with Crippen LogP contribution in [-0.2, 0) is 6.54 Å². The summed E-state index contributed by atoms with van der Waals surface area (Å²) >= 11 is 0. The fourth-order valence-electron chi connectivity index (χ4n) is 1.34. The molecule has 0 unspecified atom stereocenters. The fraction of sp³-hybridized carbons (Fsp3) is 0.667. The third-order valence-corrected chi connectivity index (χ3v) is 2.18.